The summed E-state index contributed by atoms with van der Waals surface area (Å²) in [5.41, 5.74) is 1.69. The van der Waals surface area contributed by atoms with Gasteiger partial charge in [-0.05, 0) is 24.3 Å². The van der Waals surface area contributed by atoms with Crippen LogP contribution in [0.15, 0.2) is 24.3 Å². The minimum Gasteiger partial charge on any atom is -0.495 e. The molecule has 0 N–H and O–H groups in total. The van der Waals surface area contributed by atoms with E-state index in [2.05, 4.69) is 9.80 Å². The molecule has 2 aromatic heterocycles. The van der Waals surface area contributed by atoms with E-state index in [1.54, 1.807) is 51.1 Å². The van der Waals surface area contributed by atoms with Crippen molar-refractivity contribution >= 4 is 53.4 Å². The maximum atomic E-state index is 5.53. The topological polar surface area (TPSA) is 69.2 Å². The van der Waals surface area contributed by atoms with E-state index in [4.69, 9.17) is 28.9 Å². The lowest BCUT2D eigenvalue weighted by Crippen LogP contribution is -2.46. The Bertz CT molecular complexity index is 1080. The molecule has 32 heavy (non-hydrogen) atoms. The van der Waals surface area contributed by atoms with Crippen LogP contribution >= 0.6 is 22.7 Å². The number of fused-ring (bicyclic) bond motifs is 2. The second kappa shape index (κ2) is 8.51. The van der Waals surface area contributed by atoms with Gasteiger partial charge in [0, 0.05) is 26.2 Å². The molecule has 8 nitrogen and oxygen atoms in total. The van der Waals surface area contributed by atoms with Gasteiger partial charge < -0.3 is 28.7 Å². The molecular weight excluding hydrogens is 448 g/mol. The predicted molar refractivity (Wildman–Crippen MR) is 130 cm³/mol. The summed E-state index contributed by atoms with van der Waals surface area (Å²) >= 11 is 3.28. The molecule has 0 amide bonds. The van der Waals surface area contributed by atoms with Crippen LogP contribution in [0, 0.1) is 0 Å². The molecule has 1 aliphatic heterocycles. The molecular formula is C22H24N4O4S2. The summed E-state index contributed by atoms with van der Waals surface area (Å²) in [7, 11) is 6.70. The van der Waals surface area contributed by atoms with E-state index in [1.807, 2.05) is 24.3 Å². The zero-order valence-corrected chi connectivity index (χ0v) is 20.0. The smallest absolute Gasteiger partial charge is 0.186 e. The van der Waals surface area contributed by atoms with Crippen LogP contribution in [-0.4, -0.2) is 64.6 Å². The highest BCUT2D eigenvalue weighted by atomic mass is 32.1. The summed E-state index contributed by atoms with van der Waals surface area (Å²) in [4.78, 5) is 14.4. The van der Waals surface area contributed by atoms with E-state index in [1.165, 1.54) is 0 Å². The van der Waals surface area contributed by atoms with Gasteiger partial charge in [0.2, 0.25) is 0 Å². The Hall–Kier alpha value is -2.98. The largest absolute Gasteiger partial charge is 0.495 e. The monoisotopic (exact) mass is 472 g/mol. The third kappa shape index (κ3) is 3.43. The minimum atomic E-state index is 0.763. The van der Waals surface area contributed by atoms with Gasteiger partial charge in [-0.15, -0.1) is 0 Å². The number of thiazole rings is 2. The highest BCUT2D eigenvalue weighted by Gasteiger charge is 2.25. The zero-order chi connectivity index (χ0) is 22.2. The molecule has 0 saturated carbocycles. The fraction of sp³-hybridized carbons (Fsp3) is 0.364. The molecule has 1 aliphatic rings. The molecule has 0 bridgehead atoms. The summed E-state index contributed by atoms with van der Waals surface area (Å²) in [6.45, 7) is 3.42. The fourth-order valence-corrected chi connectivity index (χ4v) is 6.16. The summed E-state index contributed by atoms with van der Waals surface area (Å²) in [6.07, 6.45) is 0. The van der Waals surface area contributed by atoms with Crippen molar-refractivity contribution in [1.82, 2.24) is 9.97 Å². The number of hydrogen-bond acceptors (Lipinski definition) is 10. The molecule has 1 fully saturated rings. The van der Waals surface area contributed by atoms with Crippen LogP contribution in [0.25, 0.3) is 20.4 Å². The van der Waals surface area contributed by atoms with Crippen LogP contribution in [0.4, 0.5) is 10.3 Å². The lowest BCUT2D eigenvalue weighted by molar-refractivity contribution is 0.410. The van der Waals surface area contributed by atoms with Gasteiger partial charge >= 0.3 is 0 Å². The first kappa shape index (κ1) is 20.9. The van der Waals surface area contributed by atoms with Crippen molar-refractivity contribution in [2.45, 2.75) is 0 Å². The van der Waals surface area contributed by atoms with Gasteiger partial charge in [-0.3, -0.25) is 0 Å². The molecule has 0 spiro atoms. The molecule has 0 aliphatic carbocycles. The average molecular weight is 473 g/mol. The van der Waals surface area contributed by atoms with E-state index in [-0.39, 0.29) is 0 Å². The van der Waals surface area contributed by atoms with Crippen molar-refractivity contribution in [1.29, 1.82) is 0 Å². The van der Waals surface area contributed by atoms with E-state index >= 15 is 0 Å². The predicted octanol–water partition coefficient (Wildman–Crippen LogP) is 4.27. The number of methoxy groups -OCH3 is 4. The number of ether oxygens (including phenoxy) is 4. The second-order valence-electron chi connectivity index (χ2n) is 7.26. The van der Waals surface area contributed by atoms with E-state index in [9.17, 15) is 0 Å². The Morgan fingerprint density at radius 2 is 0.938 bits per heavy atom. The molecule has 0 unspecified atom stereocenters. The minimum absolute atomic E-state index is 0.763. The van der Waals surface area contributed by atoms with Crippen molar-refractivity contribution < 1.29 is 18.9 Å². The lowest BCUT2D eigenvalue weighted by atomic mass is 10.3. The van der Waals surface area contributed by atoms with Gasteiger partial charge in [-0.2, -0.15) is 0 Å². The summed E-state index contributed by atoms with van der Waals surface area (Å²) in [5.74, 6) is 3.17. The van der Waals surface area contributed by atoms with E-state index in [0.717, 1.165) is 79.9 Å². The van der Waals surface area contributed by atoms with Crippen LogP contribution in [-0.2, 0) is 0 Å². The van der Waals surface area contributed by atoms with Crippen LogP contribution in [0.3, 0.4) is 0 Å². The molecule has 3 heterocycles. The maximum absolute atomic E-state index is 5.53. The molecule has 4 aromatic rings. The zero-order valence-electron chi connectivity index (χ0n) is 18.4. The quantitative estimate of drug-likeness (QED) is 0.412. The summed E-state index contributed by atoms with van der Waals surface area (Å²) in [6, 6.07) is 7.66. The standard InChI is InChI=1S/C22H24N4O4S2/c1-27-13-5-7-15(29-3)19-17(13)23-21(31-19)25-9-11-26(12-10-25)22-24-18-14(28-2)6-8-16(30-4)20(18)32-22/h5-8H,9-12H2,1-4H3. The molecule has 10 heteroatoms. The first-order chi connectivity index (χ1) is 15.7. The van der Waals surface area contributed by atoms with Gasteiger partial charge in [0.05, 0.1) is 28.4 Å². The number of anilines is 2. The molecule has 2 aromatic carbocycles. The van der Waals surface area contributed by atoms with Gasteiger partial charge in [0.1, 0.15) is 43.4 Å². The summed E-state index contributed by atoms with van der Waals surface area (Å²) < 4.78 is 24.1. The van der Waals surface area contributed by atoms with Crippen LogP contribution < -0.4 is 28.7 Å². The number of benzene rings is 2. The number of aromatic nitrogens is 2. The van der Waals surface area contributed by atoms with Crippen LogP contribution in [0.1, 0.15) is 0 Å². The van der Waals surface area contributed by atoms with Crippen LogP contribution in [0.2, 0.25) is 0 Å². The normalized spacial score (nSPS) is 14.2. The number of piperazine rings is 1. The van der Waals surface area contributed by atoms with Crippen molar-refractivity contribution in [3.63, 3.8) is 0 Å². The Labute approximate surface area is 193 Å². The summed E-state index contributed by atoms with van der Waals surface area (Å²) in [5, 5.41) is 1.96. The molecule has 1 saturated heterocycles. The first-order valence-corrected chi connectivity index (χ1v) is 11.8. The fourth-order valence-electron chi connectivity index (χ4n) is 3.91. The van der Waals surface area contributed by atoms with Gasteiger partial charge in [0.15, 0.2) is 10.3 Å². The lowest BCUT2D eigenvalue weighted by Gasteiger charge is -2.34. The number of rotatable bonds is 6. The highest BCUT2D eigenvalue weighted by molar-refractivity contribution is 7.23. The number of nitrogens with zero attached hydrogens (tertiary/aromatic N) is 4. The van der Waals surface area contributed by atoms with Crippen molar-refractivity contribution in [3.05, 3.63) is 24.3 Å². The average Bonchev–Trinajstić information content (AvgIpc) is 3.48. The Morgan fingerprint density at radius 3 is 1.28 bits per heavy atom. The van der Waals surface area contributed by atoms with Gasteiger partial charge in [-0.25, -0.2) is 9.97 Å². The van der Waals surface area contributed by atoms with Crippen LogP contribution in [0.5, 0.6) is 23.0 Å². The van der Waals surface area contributed by atoms with Crippen molar-refractivity contribution in [3.8, 4) is 23.0 Å². The van der Waals surface area contributed by atoms with E-state index in [0.29, 0.717) is 0 Å². The van der Waals surface area contributed by atoms with Gasteiger partial charge in [0.25, 0.3) is 0 Å². The van der Waals surface area contributed by atoms with Gasteiger partial charge in [-0.1, -0.05) is 22.7 Å². The van der Waals surface area contributed by atoms with E-state index < -0.39 is 0 Å². The molecule has 0 radical (unpaired) electrons. The number of hydrogen-bond donors (Lipinski definition) is 0. The Balaban J connectivity index is 1.39. The SMILES string of the molecule is COc1ccc(OC)c2sc(N3CCN(c4nc5c(OC)ccc(OC)c5s4)CC3)nc12. The second-order valence-corrected chi connectivity index (χ2v) is 9.22. The molecule has 5 rings (SSSR count). The first-order valence-electron chi connectivity index (χ1n) is 10.2. The maximum Gasteiger partial charge on any atom is 0.186 e. The third-order valence-electron chi connectivity index (χ3n) is 5.62. The third-order valence-corrected chi connectivity index (χ3v) is 7.88. The molecule has 0 atom stereocenters. The Kier molecular flexibility index (Phi) is 5.56. The molecule has 168 valence electrons. The Morgan fingerprint density at radius 1 is 0.594 bits per heavy atom. The van der Waals surface area contributed by atoms with Crippen molar-refractivity contribution in [2.24, 2.45) is 0 Å². The van der Waals surface area contributed by atoms with Crippen molar-refractivity contribution in [2.75, 3.05) is 64.4 Å². The highest BCUT2D eigenvalue weighted by Crippen LogP contribution is 2.42.